The van der Waals surface area contributed by atoms with E-state index in [4.69, 9.17) is 5.73 Å². The van der Waals surface area contributed by atoms with Gasteiger partial charge in [0.25, 0.3) is 0 Å². The van der Waals surface area contributed by atoms with Crippen LogP contribution in [-0.2, 0) is 6.54 Å². The largest absolute Gasteiger partial charge is 0.383 e. The lowest BCUT2D eigenvalue weighted by atomic mass is 10.5. The molecular weight excluding hydrogens is 264 g/mol. The molecule has 0 aliphatic heterocycles. The van der Waals surface area contributed by atoms with Crippen LogP contribution in [0.5, 0.6) is 0 Å². The zero-order valence-electron chi connectivity index (χ0n) is 7.57. The molecule has 2 N–H and O–H groups in total. The highest BCUT2D eigenvalue weighted by Crippen LogP contribution is 2.23. The number of nitrogen functional groups attached to an aromatic ring is 1. The van der Waals surface area contributed by atoms with Crippen molar-refractivity contribution in [2.24, 2.45) is 0 Å². The molecule has 0 aliphatic rings. The summed E-state index contributed by atoms with van der Waals surface area (Å²) in [4.78, 5) is 4.18. The summed E-state index contributed by atoms with van der Waals surface area (Å²) in [6, 6.07) is 0. The second-order valence-electron chi connectivity index (χ2n) is 2.87. The fraction of sp³-hybridized carbons (Fsp3) is 0.250. The van der Waals surface area contributed by atoms with E-state index in [1.807, 2.05) is 12.3 Å². The predicted octanol–water partition coefficient (Wildman–Crippen LogP) is 2.04. The Morgan fingerprint density at radius 2 is 2.43 bits per heavy atom. The van der Waals surface area contributed by atoms with Crippen molar-refractivity contribution < 1.29 is 0 Å². The standard InChI is InChI=1S/C8H9BrN4S/c1-5-7(9)8(10)13(12-5)4-6-11-2-3-14-6/h2-3H,4,10H2,1H3. The molecule has 0 saturated carbocycles. The van der Waals surface area contributed by atoms with E-state index in [1.165, 1.54) is 0 Å². The minimum Gasteiger partial charge on any atom is -0.383 e. The quantitative estimate of drug-likeness (QED) is 0.911. The SMILES string of the molecule is Cc1nn(Cc2nccs2)c(N)c1Br. The Bertz CT molecular complexity index is 434. The Morgan fingerprint density at radius 3 is 2.93 bits per heavy atom. The van der Waals surface area contributed by atoms with E-state index in [-0.39, 0.29) is 0 Å². The molecule has 0 spiro atoms. The lowest BCUT2D eigenvalue weighted by Crippen LogP contribution is -2.05. The molecule has 2 rings (SSSR count). The molecule has 2 aromatic rings. The van der Waals surface area contributed by atoms with E-state index in [9.17, 15) is 0 Å². The van der Waals surface area contributed by atoms with Crippen molar-refractivity contribution in [1.29, 1.82) is 0 Å². The third-order valence-electron chi connectivity index (χ3n) is 1.86. The predicted molar refractivity (Wildman–Crippen MR) is 60.3 cm³/mol. The smallest absolute Gasteiger partial charge is 0.136 e. The van der Waals surface area contributed by atoms with E-state index in [0.29, 0.717) is 12.4 Å². The summed E-state index contributed by atoms with van der Waals surface area (Å²) in [7, 11) is 0. The average Bonchev–Trinajstić information content (AvgIpc) is 2.73. The molecule has 0 aromatic carbocycles. The molecule has 2 aromatic heterocycles. The van der Waals surface area contributed by atoms with Gasteiger partial charge in [0.1, 0.15) is 10.8 Å². The Balaban J connectivity index is 2.30. The fourth-order valence-electron chi connectivity index (χ4n) is 1.16. The van der Waals surface area contributed by atoms with Crippen LogP contribution in [0.15, 0.2) is 16.0 Å². The molecule has 0 bridgehead atoms. The van der Waals surface area contributed by atoms with E-state index >= 15 is 0 Å². The van der Waals surface area contributed by atoms with Crippen LogP contribution >= 0.6 is 27.3 Å². The van der Waals surface area contributed by atoms with Gasteiger partial charge in [-0.1, -0.05) is 0 Å². The minimum atomic E-state index is 0.635. The number of nitrogens with two attached hydrogens (primary N) is 1. The van der Waals surface area contributed by atoms with Crippen LogP contribution in [-0.4, -0.2) is 14.8 Å². The summed E-state index contributed by atoms with van der Waals surface area (Å²) in [5.74, 6) is 0.651. The maximum atomic E-state index is 5.85. The van der Waals surface area contributed by atoms with Crippen LogP contribution in [0, 0.1) is 6.92 Å². The summed E-state index contributed by atoms with van der Waals surface area (Å²) in [6.07, 6.45) is 1.78. The zero-order chi connectivity index (χ0) is 10.1. The molecule has 0 aliphatic carbocycles. The topological polar surface area (TPSA) is 56.7 Å². The van der Waals surface area contributed by atoms with Crippen LogP contribution in [0.1, 0.15) is 10.7 Å². The van der Waals surface area contributed by atoms with Gasteiger partial charge < -0.3 is 5.73 Å². The Hall–Kier alpha value is -0.880. The first-order valence-electron chi connectivity index (χ1n) is 4.05. The molecular formula is C8H9BrN4S. The average molecular weight is 273 g/mol. The van der Waals surface area contributed by atoms with Crippen molar-refractivity contribution >= 4 is 33.1 Å². The van der Waals surface area contributed by atoms with Gasteiger partial charge >= 0.3 is 0 Å². The fourth-order valence-corrected chi connectivity index (χ4v) is 2.04. The highest BCUT2D eigenvalue weighted by Gasteiger charge is 2.10. The molecule has 4 nitrogen and oxygen atoms in total. The second-order valence-corrected chi connectivity index (χ2v) is 4.64. The number of hydrogen-bond acceptors (Lipinski definition) is 4. The van der Waals surface area contributed by atoms with Crippen molar-refractivity contribution in [3.63, 3.8) is 0 Å². The third kappa shape index (κ3) is 1.67. The summed E-state index contributed by atoms with van der Waals surface area (Å²) in [5, 5.41) is 7.24. The van der Waals surface area contributed by atoms with Gasteiger partial charge in [-0.2, -0.15) is 5.10 Å². The summed E-state index contributed by atoms with van der Waals surface area (Å²) in [6.45, 7) is 2.55. The minimum absolute atomic E-state index is 0.635. The third-order valence-corrected chi connectivity index (χ3v) is 3.60. The number of nitrogens with zero attached hydrogens (tertiary/aromatic N) is 3. The number of thiazole rings is 1. The van der Waals surface area contributed by atoms with E-state index in [2.05, 4.69) is 26.0 Å². The van der Waals surface area contributed by atoms with Gasteiger partial charge in [0.15, 0.2) is 0 Å². The van der Waals surface area contributed by atoms with Crippen LogP contribution in [0.4, 0.5) is 5.82 Å². The molecule has 6 heteroatoms. The Labute approximate surface area is 93.9 Å². The first-order chi connectivity index (χ1) is 6.68. The van der Waals surface area contributed by atoms with E-state index in [1.54, 1.807) is 22.2 Å². The van der Waals surface area contributed by atoms with Crippen molar-refractivity contribution in [1.82, 2.24) is 14.8 Å². The van der Waals surface area contributed by atoms with Crippen LogP contribution in [0.2, 0.25) is 0 Å². The second kappa shape index (κ2) is 3.70. The number of aromatic nitrogens is 3. The van der Waals surface area contributed by atoms with E-state index in [0.717, 1.165) is 15.2 Å². The maximum Gasteiger partial charge on any atom is 0.136 e. The number of hydrogen-bond donors (Lipinski definition) is 1. The van der Waals surface area contributed by atoms with Crippen LogP contribution in [0.3, 0.4) is 0 Å². The van der Waals surface area contributed by atoms with Gasteiger partial charge in [-0.15, -0.1) is 11.3 Å². The normalized spacial score (nSPS) is 10.7. The molecule has 0 fully saturated rings. The summed E-state index contributed by atoms with van der Waals surface area (Å²) < 4.78 is 2.62. The molecule has 2 heterocycles. The van der Waals surface area contributed by atoms with Crippen molar-refractivity contribution in [2.75, 3.05) is 5.73 Å². The lowest BCUT2D eigenvalue weighted by Gasteiger charge is -1.99. The lowest BCUT2D eigenvalue weighted by molar-refractivity contribution is 0.686. The Morgan fingerprint density at radius 1 is 1.64 bits per heavy atom. The van der Waals surface area contributed by atoms with Gasteiger partial charge in [0.05, 0.1) is 16.7 Å². The molecule has 0 atom stereocenters. The first-order valence-corrected chi connectivity index (χ1v) is 5.72. The molecule has 74 valence electrons. The van der Waals surface area contributed by atoms with Crippen LogP contribution < -0.4 is 5.73 Å². The highest BCUT2D eigenvalue weighted by atomic mass is 79.9. The van der Waals surface area contributed by atoms with Crippen molar-refractivity contribution in [3.8, 4) is 0 Å². The van der Waals surface area contributed by atoms with Crippen LogP contribution in [0.25, 0.3) is 0 Å². The zero-order valence-corrected chi connectivity index (χ0v) is 9.97. The number of anilines is 1. The molecule has 0 radical (unpaired) electrons. The summed E-state index contributed by atoms with van der Waals surface area (Å²) in [5.41, 5.74) is 6.75. The number of aryl methyl sites for hydroxylation is 1. The molecule has 0 unspecified atom stereocenters. The van der Waals surface area contributed by atoms with Crippen molar-refractivity contribution in [3.05, 3.63) is 26.8 Å². The monoisotopic (exact) mass is 272 g/mol. The highest BCUT2D eigenvalue weighted by molar-refractivity contribution is 9.10. The first kappa shape index (κ1) is 9.67. The van der Waals surface area contributed by atoms with Gasteiger partial charge in [-0.25, -0.2) is 9.67 Å². The molecule has 0 saturated heterocycles. The van der Waals surface area contributed by atoms with Gasteiger partial charge in [-0.3, -0.25) is 0 Å². The molecule has 0 amide bonds. The summed E-state index contributed by atoms with van der Waals surface area (Å²) >= 11 is 4.98. The number of rotatable bonds is 2. The van der Waals surface area contributed by atoms with Gasteiger partial charge in [-0.05, 0) is 22.9 Å². The maximum absolute atomic E-state index is 5.85. The van der Waals surface area contributed by atoms with E-state index < -0.39 is 0 Å². The van der Waals surface area contributed by atoms with Gasteiger partial charge in [0.2, 0.25) is 0 Å². The molecule has 14 heavy (non-hydrogen) atoms. The Kier molecular flexibility index (Phi) is 2.56. The van der Waals surface area contributed by atoms with Gasteiger partial charge in [0, 0.05) is 11.6 Å². The number of halogens is 1. The van der Waals surface area contributed by atoms with Crippen molar-refractivity contribution in [2.45, 2.75) is 13.5 Å².